The van der Waals surface area contributed by atoms with Crippen molar-refractivity contribution < 1.29 is 22.7 Å². The molecule has 1 unspecified atom stereocenters. The van der Waals surface area contributed by atoms with Gasteiger partial charge in [0, 0.05) is 19.7 Å². The number of primary amides is 1. The van der Waals surface area contributed by atoms with E-state index in [1.54, 1.807) is 35.2 Å². The SMILES string of the molecule is CC(F)(F)c1ccc(C2CCCN2c2ncnc(OCc3ccc(CC(N)=O)cc3)c2F)cn1. The molecule has 1 aromatic carbocycles. The van der Waals surface area contributed by atoms with Crippen LogP contribution in [0.3, 0.4) is 0 Å². The van der Waals surface area contributed by atoms with Gasteiger partial charge in [0.15, 0.2) is 5.82 Å². The quantitative estimate of drug-likeness (QED) is 0.532. The van der Waals surface area contributed by atoms with Crippen LogP contribution in [0.15, 0.2) is 48.9 Å². The van der Waals surface area contributed by atoms with E-state index in [-0.39, 0.29) is 36.5 Å². The first-order valence-electron chi connectivity index (χ1n) is 10.8. The third-order valence-electron chi connectivity index (χ3n) is 5.66. The van der Waals surface area contributed by atoms with Crippen LogP contribution in [0.2, 0.25) is 0 Å². The highest BCUT2D eigenvalue weighted by Crippen LogP contribution is 2.38. The van der Waals surface area contributed by atoms with Crippen molar-refractivity contribution in [2.24, 2.45) is 5.73 Å². The molecule has 2 N–H and O–H groups in total. The van der Waals surface area contributed by atoms with Gasteiger partial charge in [0.1, 0.15) is 18.6 Å². The lowest BCUT2D eigenvalue weighted by atomic mass is 10.1. The molecule has 0 spiro atoms. The van der Waals surface area contributed by atoms with Gasteiger partial charge < -0.3 is 15.4 Å². The van der Waals surface area contributed by atoms with E-state index < -0.39 is 17.6 Å². The van der Waals surface area contributed by atoms with Gasteiger partial charge in [-0.2, -0.15) is 18.2 Å². The number of ether oxygens (including phenoxy) is 1. The number of aromatic nitrogens is 3. The zero-order valence-electron chi connectivity index (χ0n) is 18.5. The Kier molecular flexibility index (Phi) is 6.67. The number of hydrogen-bond acceptors (Lipinski definition) is 6. The van der Waals surface area contributed by atoms with E-state index in [1.165, 1.54) is 18.6 Å². The molecule has 0 bridgehead atoms. The van der Waals surface area contributed by atoms with Gasteiger partial charge in [-0.05, 0) is 35.6 Å². The summed E-state index contributed by atoms with van der Waals surface area (Å²) < 4.78 is 47.9. The van der Waals surface area contributed by atoms with Gasteiger partial charge in [0.2, 0.25) is 11.7 Å². The Morgan fingerprint density at radius 1 is 1.15 bits per heavy atom. The molecule has 3 aromatic rings. The van der Waals surface area contributed by atoms with Crippen molar-refractivity contribution in [2.45, 2.75) is 44.8 Å². The van der Waals surface area contributed by atoms with Gasteiger partial charge in [-0.15, -0.1) is 0 Å². The minimum atomic E-state index is -3.03. The highest BCUT2D eigenvalue weighted by molar-refractivity contribution is 5.76. The second kappa shape index (κ2) is 9.66. The van der Waals surface area contributed by atoms with Gasteiger partial charge in [-0.3, -0.25) is 9.78 Å². The van der Waals surface area contributed by atoms with E-state index in [0.717, 1.165) is 24.5 Å². The average molecular weight is 471 g/mol. The van der Waals surface area contributed by atoms with Crippen LogP contribution in [0, 0.1) is 5.82 Å². The first kappa shape index (κ1) is 23.5. The van der Waals surface area contributed by atoms with Crippen molar-refractivity contribution in [3.8, 4) is 5.88 Å². The van der Waals surface area contributed by atoms with Crippen molar-refractivity contribution in [3.63, 3.8) is 0 Å². The first-order chi connectivity index (χ1) is 16.2. The fraction of sp³-hybridized carbons (Fsp3) is 0.333. The number of hydrogen-bond donors (Lipinski definition) is 1. The van der Waals surface area contributed by atoms with Crippen molar-refractivity contribution in [1.29, 1.82) is 0 Å². The maximum Gasteiger partial charge on any atom is 0.286 e. The van der Waals surface area contributed by atoms with Crippen molar-refractivity contribution in [2.75, 3.05) is 11.4 Å². The number of carbonyl (C=O) groups excluding carboxylic acids is 1. The molecule has 1 saturated heterocycles. The Bertz CT molecular complexity index is 1150. The first-order valence-corrected chi connectivity index (χ1v) is 10.8. The van der Waals surface area contributed by atoms with E-state index in [9.17, 15) is 13.6 Å². The minimum absolute atomic E-state index is 0.0737. The van der Waals surface area contributed by atoms with E-state index in [0.29, 0.717) is 18.5 Å². The fourth-order valence-corrected chi connectivity index (χ4v) is 3.98. The lowest BCUT2D eigenvalue weighted by Crippen LogP contribution is -2.25. The fourth-order valence-electron chi connectivity index (χ4n) is 3.98. The second-order valence-corrected chi connectivity index (χ2v) is 8.28. The summed E-state index contributed by atoms with van der Waals surface area (Å²) in [6, 6.07) is 9.70. The number of anilines is 1. The number of nitrogens with two attached hydrogens (primary N) is 1. The molecule has 1 amide bonds. The molecule has 1 fully saturated rings. The van der Waals surface area contributed by atoms with Crippen LogP contribution in [-0.4, -0.2) is 27.4 Å². The molecule has 3 heterocycles. The maximum absolute atomic E-state index is 15.3. The minimum Gasteiger partial charge on any atom is -0.471 e. The Morgan fingerprint density at radius 2 is 1.88 bits per heavy atom. The van der Waals surface area contributed by atoms with Crippen molar-refractivity contribution in [1.82, 2.24) is 15.0 Å². The second-order valence-electron chi connectivity index (χ2n) is 8.28. The third-order valence-corrected chi connectivity index (χ3v) is 5.66. The number of pyridine rings is 1. The van der Waals surface area contributed by atoms with Crippen molar-refractivity contribution in [3.05, 3.63) is 77.1 Å². The number of rotatable bonds is 8. The van der Waals surface area contributed by atoms with E-state index >= 15 is 4.39 Å². The van der Waals surface area contributed by atoms with Crippen LogP contribution < -0.4 is 15.4 Å². The summed E-state index contributed by atoms with van der Waals surface area (Å²) in [4.78, 5) is 24.7. The molecule has 7 nitrogen and oxygen atoms in total. The summed E-state index contributed by atoms with van der Waals surface area (Å²) >= 11 is 0. The predicted molar refractivity (Wildman–Crippen MR) is 119 cm³/mol. The molecule has 2 aromatic heterocycles. The lowest BCUT2D eigenvalue weighted by Gasteiger charge is -2.26. The molecule has 0 saturated carbocycles. The topological polar surface area (TPSA) is 94.2 Å². The molecule has 4 rings (SSSR count). The molecule has 0 radical (unpaired) electrons. The Hall–Kier alpha value is -3.69. The van der Waals surface area contributed by atoms with Gasteiger partial charge in [0.25, 0.3) is 11.8 Å². The molecule has 1 aliphatic rings. The molecule has 34 heavy (non-hydrogen) atoms. The number of benzene rings is 1. The Balaban J connectivity index is 1.49. The van der Waals surface area contributed by atoms with Gasteiger partial charge >= 0.3 is 0 Å². The van der Waals surface area contributed by atoms with E-state index in [2.05, 4.69) is 15.0 Å². The summed E-state index contributed by atoms with van der Waals surface area (Å²) in [5.41, 5.74) is 7.14. The van der Waals surface area contributed by atoms with E-state index in [1.807, 2.05) is 0 Å². The standard InChI is InChI=1S/C24H24F3N5O2/c1-24(26,27)19-9-8-17(12-29-19)18-3-2-10-32(18)22-21(25)23(31-14-30-22)34-13-16-6-4-15(5-7-16)11-20(28)33/h4-9,12,14,18H,2-3,10-11,13H2,1H3,(H2,28,33). The Labute approximate surface area is 194 Å². The molecule has 178 valence electrons. The molecule has 1 aliphatic heterocycles. The summed E-state index contributed by atoms with van der Waals surface area (Å²) in [7, 11) is 0. The monoisotopic (exact) mass is 471 g/mol. The normalized spacial score (nSPS) is 16.0. The van der Waals surface area contributed by atoms with Crippen LogP contribution >= 0.6 is 0 Å². The summed E-state index contributed by atoms with van der Waals surface area (Å²) in [5, 5.41) is 0. The zero-order valence-corrected chi connectivity index (χ0v) is 18.5. The number of carbonyl (C=O) groups is 1. The van der Waals surface area contributed by atoms with Gasteiger partial charge in [-0.25, -0.2) is 4.98 Å². The molecule has 0 aliphatic carbocycles. The highest BCUT2D eigenvalue weighted by atomic mass is 19.3. The average Bonchev–Trinajstić information content (AvgIpc) is 3.28. The summed E-state index contributed by atoms with van der Waals surface area (Å²) in [6.45, 7) is 1.42. The van der Waals surface area contributed by atoms with Crippen LogP contribution in [0.1, 0.15) is 48.2 Å². The zero-order chi connectivity index (χ0) is 24.3. The highest BCUT2D eigenvalue weighted by Gasteiger charge is 2.32. The van der Waals surface area contributed by atoms with Crippen LogP contribution in [0.4, 0.5) is 19.0 Å². The smallest absolute Gasteiger partial charge is 0.286 e. The van der Waals surface area contributed by atoms with Crippen LogP contribution in [-0.2, 0) is 23.7 Å². The maximum atomic E-state index is 15.3. The predicted octanol–water partition coefficient (Wildman–Crippen LogP) is 4.07. The molecular formula is C24H24F3N5O2. The molecule has 10 heteroatoms. The molecule has 1 atom stereocenters. The Morgan fingerprint density at radius 3 is 2.53 bits per heavy atom. The van der Waals surface area contributed by atoms with Crippen molar-refractivity contribution >= 4 is 11.7 Å². The summed E-state index contributed by atoms with van der Waals surface area (Å²) in [5.74, 6) is -4.23. The molecular weight excluding hydrogens is 447 g/mol. The lowest BCUT2D eigenvalue weighted by molar-refractivity contribution is -0.117. The number of nitrogens with zero attached hydrogens (tertiary/aromatic N) is 4. The van der Waals surface area contributed by atoms with Crippen LogP contribution in [0.25, 0.3) is 0 Å². The summed E-state index contributed by atoms with van der Waals surface area (Å²) in [6.07, 6.45) is 4.28. The number of alkyl halides is 2. The largest absolute Gasteiger partial charge is 0.471 e. The number of amides is 1. The van der Waals surface area contributed by atoms with Crippen LogP contribution in [0.5, 0.6) is 5.88 Å². The number of halogens is 3. The third kappa shape index (κ3) is 5.27. The van der Waals surface area contributed by atoms with E-state index in [4.69, 9.17) is 10.5 Å². The van der Waals surface area contributed by atoms with Gasteiger partial charge in [0.05, 0.1) is 12.5 Å². The van der Waals surface area contributed by atoms with Gasteiger partial charge in [-0.1, -0.05) is 30.3 Å².